The molecule has 1 amide bonds. The van der Waals surface area contributed by atoms with Gasteiger partial charge in [-0.1, -0.05) is 24.3 Å². The lowest BCUT2D eigenvalue weighted by molar-refractivity contribution is 0.0600. The molecule has 0 aliphatic carbocycles. The van der Waals surface area contributed by atoms with Gasteiger partial charge in [-0.2, -0.15) is 0 Å². The molecular weight excluding hydrogens is 340 g/mol. The summed E-state index contributed by atoms with van der Waals surface area (Å²) < 4.78 is 4.73. The molecule has 3 rings (SSSR count). The van der Waals surface area contributed by atoms with Gasteiger partial charge in [0.2, 0.25) is 0 Å². The quantitative estimate of drug-likeness (QED) is 0.643. The molecule has 0 spiro atoms. The summed E-state index contributed by atoms with van der Waals surface area (Å²) in [6.07, 6.45) is 0. The van der Waals surface area contributed by atoms with Crippen LogP contribution in [0.15, 0.2) is 72.8 Å². The third-order valence-corrected chi connectivity index (χ3v) is 4.10. The third-order valence-electron chi connectivity index (χ3n) is 4.10. The van der Waals surface area contributed by atoms with Crippen LogP contribution in [0.4, 0.5) is 17.1 Å². The Morgan fingerprint density at radius 3 is 2.22 bits per heavy atom. The SMILES string of the molecule is COC(=O)c1cccc(Nc2ccc(NC(=O)c3ccccc3C)cc2)c1. The second-order valence-corrected chi connectivity index (χ2v) is 6.04. The lowest BCUT2D eigenvalue weighted by Crippen LogP contribution is -2.13. The molecule has 27 heavy (non-hydrogen) atoms. The number of benzene rings is 3. The van der Waals surface area contributed by atoms with Gasteiger partial charge in [0.15, 0.2) is 0 Å². The summed E-state index contributed by atoms with van der Waals surface area (Å²) in [5.74, 6) is -0.521. The zero-order valence-electron chi connectivity index (χ0n) is 15.2. The van der Waals surface area contributed by atoms with Crippen LogP contribution in [0.5, 0.6) is 0 Å². The van der Waals surface area contributed by atoms with Gasteiger partial charge in [-0.3, -0.25) is 4.79 Å². The average molecular weight is 360 g/mol. The summed E-state index contributed by atoms with van der Waals surface area (Å²) in [7, 11) is 1.35. The standard InChI is InChI=1S/C22H20N2O3/c1-15-6-3-4-9-20(15)21(25)24-18-12-10-17(11-13-18)23-19-8-5-7-16(14-19)22(26)27-2/h3-14,23H,1-2H3,(H,24,25). The lowest BCUT2D eigenvalue weighted by Gasteiger charge is -2.10. The number of nitrogens with one attached hydrogen (secondary N) is 2. The summed E-state index contributed by atoms with van der Waals surface area (Å²) in [6, 6.07) is 21.9. The zero-order valence-corrected chi connectivity index (χ0v) is 15.2. The fraction of sp³-hybridized carbons (Fsp3) is 0.0909. The molecule has 0 atom stereocenters. The van der Waals surface area contributed by atoms with Crippen molar-refractivity contribution in [1.82, 2.24) is 0 Å². The van der Waals surface area contributed by atoms with Gasteiger partial charge < -0.3 is 15.4 Å². The van der Waals surface area contributed by atoms with Crippen LogP contribution in [-0.4, -0.2) is 19.0 Å². The van der Waals surface area contributed by atoms with Crippen molar-refractivity contribution in [3.05, 3.63) is 89.5 Å². The molecule has 136 valence electrons. The minimum Gasteiger partial charge on any atom is -0.465 e. The van der Waals surface area contributed by atoms with Crippen LogP contribution in [0.25, 0.3) is 0 Å². The number of carbonyl (C=O) groups is 2. The van der Waals surface area contributed by atoms with Crippen molar-refractivity contribution in [2.24, 2.45) is 0 Å². The molecule has 5 nitrogen and oxygen atoms in total. The summed E-state index contributed by atoms with van der Waals surface area (Å²) in [6.45, 7) is 1.91. The van der Waals surface area contributed by atoms with Crippen LogP contribution in [-0.2, 0) is 4.74 Å². The Labute approximate surface area is 158 Å². The minimum atomic E-state index is -0.382. The number of anilines is 3. The van der Waals surface area contributed by atoms with Crippen molar-refractivity contribution in [3.63, 3.8) is 0 Å². The van der Waals surface area contributed by atoms with Crippen molar-refractivity contribution in [3.8, 4) is 0 Å². The van der Waals surface area contributed by atoms with Crippen LogP contribution in [0.2, 0.25) is 0 Å². The Morgan fingerprint density at radius 1 is 0.815 bits per heavy atom. The van der Waals surface area contributed by atoms with E-state index in [4.69, 9.17) is 4.74 Å². The first-order valence-corrected chi connectivity index (χ1v) is 8.49. The number of ether oxygens (including phenoxy) is 1. The summed E-state index contributed by atoms with van der Waals surface area (Å²) in [5.41, 5.74) is 4.38. The van der Waals surface area contributed by atoms with Crippen molar-refractivity contribution < 1.29 is 14.3 Å². The Hall–Kier alpha value is -3.60. The first kappa shape index (κ1) is 18.2. The molecule has 0 aliphatic rings. The summed E-state index contributed by atoms with van der Waals surface area (Å²) in [5, 5.41) is 6.12. The number of aryl methyl sites for hydroxylation is 1. The molecule has 0 heterocycles. The second kappa shape index (κ2) is 8.19. The lowest BCUT2D eigenvalue weighted by atomic mass is 10.1. The van der Waals surface area contributed by atoms with E-state index in [0.29, 0.717) is 16.8 Å². The molecule has 0 unspecified atom stereocenters. The maximum Gasteiger partial charge on any atom is 0.337 e. The molecule has 5 heteroatoms. The van der Waals surface area contributed by atoms with E-state index < -0.39 is 0 Å². The minimum absolute atomic E-state index is 0.139. The van der Waals surface area contributed by atoms with E-state index in [1.807, 2.05) is 55.5 Å². The third kappa shape index (κ3) is 4.52. The number of hydrogen-bond donors (Lipinski definition) is 2. The molecule has 0 radical (unpaired) electrons. The Kier molecular flexibility index (Phi) is 5.52. The van der Waals surface area contributed by atoms with E-state index in [1.54, 1.807) is 24.3 Å². The fourth-order valence-corrected chi connectivity index (χ4v) is 2.67. The van der Waals surface area contributed by atoms with Gasteiger partial charge in [-0.15, -0.1) is 0 Å². The second-order valence-electron chi connectivity index (χ2n) is 6.04. The molecule has 3 aromatic carbocycles. The number of amides is 1. The van der Waals surface area contributed by atoms with Crippen molar-refractivity contribution in [2.75, 3.05) is 17.7 Å². The normalized spacial score (nSPS) is 10.1. The van der Waals surface area contributed by atoms with E-state index in [-0.39, 0.29) is 11.9 Å². The number of hydrogen-bond acceptors (Lipinski definition) is 4. The predicted octanol–water partition coefficient (Wildman–Crippen LogP) is 4.78. The van der Waals surface area contributed by atoms with Crippen LogP contribution in [0, 0.1) is 6.92 Å². The van der Waals surface area contributed by atoms with Gasteiger partial charge in [0.1, 0.15) is 0 Å². The molecule has 0 aliphatic heterocycles. The van der Waals surface area contributed by atoms with Gasteiger partial charge in [0, 0.05) is 22.6 Å². The Morgan fingerprint density at radius 2 is 1.52 bits per heavy atom. The van der Waals surface area contributed by atoms with Crippen molar-refractivity contribution in [1.29, 1.82) is 0 Å². The first-order valence-electron chi connectivity index (χ1n) is 8.49. The van der Waals surface area contributed by atoms with Gasteiger partial charge in [-0.05, 0) is 61.0 Å². The van der Waals surface area contributed by atoms with E-state index in [2.05, 4.69) is 10.6 Å². The molecule has 0 fully saturated rings. The van der Waals surface area contributed by atoms with Gasteiger partial charge >= 0.3 is 5.97 Å². The molecule has 0 bridgehead atoms. The van der Waals surface area contributed by atoms with Crippen LogP contribution >= 0.6 is 0 Å². The zero-order chi connectivity index (χ0) is 19.2. The molecule has 0 saturated carbocycles. The smallest absolute Gasteiger partial charge is 0.337 e. The van der Waals surface area contributed by atoms with E-state index >= 15 is 0 Å². The molecular formula is C22H20N2O3. The van der Waals surface area contributed by atoms with E-state index in [9.17, 15) is 9.59 Å². The van der Waals surface area contributed by atoms with Gasteiger partial charge in [0.25, 0.3) is 5.91 Å². The average Bonchev–Trinajstić information content (AvgIpc) is 2.69. The topological polar surface area (TPSA) is 67.4 Å². The Bertz CT molecular complexity index is 965. The molecule has 2 N–H and O–H groups in total. The van der Waals surface area contributed by atoms with Crippen LogP contribution < -0.4 is 10.6 Å². The summed E-state index contributed by atoms with van der Waals surface area (Å²) >= 11 is 0. The molecule has 3 aromatic rings. The predicted molar refractivity (Wildman–Crippen MR) is 107 cm³/mol. The number of rotatable bonds is 5. The highest BCUT2D eigenvalue weighted by atomic mass is 16.5. The highest BCUT2D eigenvalue weighted by molar-refractivity contribution is 6.05. The first-order chi connectivity index (χ1) is 13.1. The fourth-order valence-electron chi connectivity index (χ4n) is 2.67. The van der Waals surface area contributed by atoms with Gasteiger partial charge in [0.05, 0.1) is 12.7 Å². The number of methoxy groups -OCH3 is 1. The van der Waals surface area contributed by atoms with Crippen molar-refractivity contribution in [2.45, 2.75) is 6.92 Å². The van der Waals surface area contributed by atoms with Crippen LogP contribution in [0.1, 0.15) is 26.3 Å². The highest BCUT2D eigenvalue weighted by Gasteiger charge is 2.09. The maximum atomic E-state index is 12.4. The maximum absolute atomic E-state index is 12.4. The Balaban J connectivity index is 1.68. The van der Waals surface area contributed by atoms with Gasteiger partial charge in [-0.25, -0.2) is 4.79 Å². The largest absolute Gasteiger partial charge is 0.465 e. The summed E-state index contributed by atoms with van der Waals surface area (Å²) in [4.78, 5) is 24.0. The molecule has 0 aromatic heterocycles. The van der Waals surface area contributed by atoms with Crippen molar-refractivity contribution >= 4 is 28.9 Å². The highest BCUT2D eigenvalue weighted by Crippen LogP contribution is 2.21. The number of carbonyl (C=O) groups excluding carboxylic acids is 2. The molecule has 0 saturated heterocycles. The monoisotopic (exact) mass is 360 g/mol. The van der Waals surface area contributed by atoms with E-state index in [1.165, 1.54) is 7.11 Å². The number of esters is 1. The van der Waals surface area contributed by atoms with Crippen LogP contribution in [0.3, 0.4) is 0 Å². The van der Waals surface area contributed by atoms with E-state index in [0.717, 1.165) is 16.9 Å².